The molecule has 2 unspecified atom stereocenters. The molecule has 0 bridgehead atoms. The van der Waals surface area contributed by atoms with Crippen molar-refractivity contribution in [2.75, 3.05) is 0 Å². The molecule has 0 aromatic heterocycles. The summed E-state index contributed by atoms with van der Waals surface area (Å²) in [6.45, 7) is 4.14. The lowest BCUT2D eigenvalue weighted by molar-refractivity contribution is 0.145. The van der Waals surface area contributed by atoms with Gasteiger partial charge in [0.2, 0.25) is 0 Å². The molecule has 0 saturated heterocycles. The van der Waals surface area contributed by atoms with Crippen molar-refractivity contribution >= 4 is 0 Å². The van der Waals surface area contributed by atoms with Gasteiger partial charge in [0.25, 0.3) is 0 Å². The van der Waals surface area contributed by atoms with Crippen molar-refractivity contribution in [1.82, 2.24) is 0 Å². The van der Waals surface area contributed by atoms with Gasteiger partial charge in [0, 0.05) is 5.92 Å². The van der Waals surface area contributed by atoms with Crippen molar-refractivity contribution in [1.29, 1.82) is 0 Å². The SMILES string of the molecule is CCC(O)C(C)c1ccc2c(c1)Cc1ccccc1-2. The third-order valence-electron chi connectivity index (χ3n) is 4.34. The highest BCUT2D eigenvalue weighted by atomic mass is 16.3. The van der Waals surface area contributed by atoms with E-state index >= 15 is 0 Å². The quantitative estimate of drug-likeness (QED) is 0.743. The van der Waals surface area contributed by atoms with Crippen LogP contribution >= 0.6 is 0 Å². The van der Waals surface area contributed by atoms with Gasteiger partial charge in [-0.1, -0.05) is 56.3 Å². The van der Waals surface area contributed by atoms with Crippen molar-refractivity contribution in [3.63, 3.8) is 0 Å². The van der Waals surface area contributed by atoms with Crippen LogP contribution in [-0.4, -0.2) is 11.2 Å². The minimum atomic E-state index is -0.248. The van der Waals surface area contributed by atoms with Crippen molar-refractivity contribution < 1.29 is 5.11 Å². The van der Waals surface area contributed by atoms with Gasteiger partial charge in [-0.15, -0.1) is 0 Å². The second-order valence-electron chi connectivity index (χ2n) is 5.51. The van der Waals surface area contributed by atoms with E-state index in [9.17, 15) is 5.11 Å². The molecule has 0 radical (unpaired) electrons. The van der Waals surface area contributed by atoms with E-state index in [0.29, 0.717) is 0 Å². The summed E-state index contributed by atoms with van der Waals surface area (Å²) in [5, 5.41) is 10.0. The summed E-state index contributed by atoms with van der Waals surface area (Å²) in [7, 11) is 0. The molecular weight excluding hydrogens is 232 g/mol. The summed E-state index contributed by atoms with van der Waals surface area (Å²) in [6.07, 6.45) is 1.58. The molecule has 1 N–H and O–H groups in total. The van der Waals surface area contributed by atoms with Crippen LogP contribution in [0.25, 0.3) is 11.1 Å². The summed E-state index contributed by atoms with van der Waals surface area (Å²) in [4.78, 5) is 0. The maximum absolute atomic E-state index is 10.0. The van der Waals surface area contributed by atoms with Gasteiger partial charge in [-0.25, -0.2) is 0 Å². The van der Waals surface area contributed by atoms with Crippen LogP contribution in [0.15, 0.2) is 42.5 Å². The lowest BCUT2D eigenvalue weighted by Crippen LogP contribution is -2.14. The molecule has 0 spiro atoms. The smallest absolute Gasteiger partial charge is 0.0603 e. The van der Waals surface area contributed by atoms with Gasteiger partial charge in [0.1, 0.15) is 0 Å². The first-order chi connectivity index (χ1) is 9.20. The standard InChI is InChI=1S/C18H20O/c1-3-18(19)12(2)13-8-9-17-15(10-13)11-14-6-4-5-7-16(14)17/h4-10,12,18-19H,3,11H2,1-2H3. The third-order valence-corrected chi connectivity index (χ3v) is 4.34. The molecule has 0 amide bonds. The molecule has 2 atom stereocenters. The Hall–Kier alpha value is -1.60. The molecule has 1 heteroatoms. The Balaban J connectivity index is 1.98. The van der Waals surface area contributed by atoms with Crippen molar-refractivity contribution in [2.24, 2.45) is 0 Å². The summed E-state index contributed by atoms with van der Waals surface area (Å²) >= 11 is 0. The molecule has 98 valence electrons. The Kier molecular flexibility index (Phi) is 3.16. The van der Waals surface area contributed by atoms with E-state index in [1.807, 2.05) is 6.92 Å². The Labute approximate surface area is 114 Å². The Morgan fingerprint density at radius 3 is 2.58 bits per heavy atom. The van der Waals surface area contributed by atoms with E-state index in [1.54, 1.807) is 0 Å². The van der Waals surface area contributed by atoms with Crippen LogP contribution in [0, 0.1) is 0 Å². The van der Waals surface area contributed by atoms with Gasteiger partial charge in [0.05, 0.1) is 6.10 Å². The van der Waals surface area contributed by atoms with E-state index in [4.69, 9.17) is 0 Å². The van der Waals surface area contributed by atoms with E-state index < -0.39 is 0 Å². The maximum atomic E-state index is 10.0. The minimum absolute atomic E-state index is 0.207. The molecule has 2 aromatic carbocycles. The fourth-order valence-corrected chi connectivity index (χ4v) is 3.02. The molecule has 0 heterocycles. The van der Waals surface area contributed by atoms with Crippen LogP contribution in [0.1, 0.15) is 42.9 Å². The highest BCUT2D eigenvalue weighted by molar-refractivity contribution is 5.77. The topological polar surface area (TPSA) is 20.2 Å². The van der Waals surface area contributed by atoms with Crippen molar-refractivity contribution in [2.45, 2.75) is 38.7 Å². The molecule has 1 aliphatic rings. The number of aliphatic hydroxyl groups is 1. The molecule has 2 aromatic rings. The normalized spacial score (nSPS) is 15.7. The summed E-state index contributed by atoms with van der Waals surface area (Å²) < 4.78 is 0. The van der Waals surface area contributed by atoms with Crippen LogP contribution < -0.4 is 0 Å². The van der Waals surface area contributed by atoms with Gasteiger partial charge < -0.3 is 5.11 Å². The predicted octanol–water partition coefficient (Wildman–Crippen LogP) is 4.13. The van der Waals surface area contributed by atoms with Gasteiger partial charge in [0.15, 0.2) is 0 Å². The molecule has 3 rings (SSSR count). The van der Waals surface area contributed by atoms with E-state index in [1.165, 1.54) is 27.8 Å². The van der Waals surface area contributed by atoms with E-state index in [2.05, 4.69) is 49.4 Å². The second-order valence-corrected chi connectivity index (χ2v) is 5.51. The Morgan fingerprint density at radius 1 is 1.05 bits per heavy atom. The first kappa shape index (κ1) is 12.4. The number of hydrogen-bond donors (Lipinski definition) is 1. The third kappa shape index (κ3) is 2.08. The average Bonchev–Trinajstić information content (AvgIpc) is 2.83. The number of hydrogen-bond acceptors (Lipinski definition) is 1. The van der Waals surface area contributed by atoms with E-state index in [0.717, 1.165) is 12.8 Å². The minimum Gasteiger partial charge on any atom is -0.393 e. The number of fused-ring (bicyclic) bond motifs is 3. The van der Waals surface area contributed by atoms with Gasteiger partial charge in [-0.2, -0.15) is 0 Å². The monoisotopic (exact) mass is 252 g/mol. The lowest BCUT2D eigenvalue weighted by atomic mass is 9.91. The zero-order valence-electron chi connectivity index (χ0n) is 11.6. The van der Waals surface area contributed by atoms with Crippen molar-refractivity contribution in [3.05, 3.63) is 59.2 Å². The molecule has 0 aliphatic heterocycles. The number of benzene rings is 2. The fraction of sp³-hybridized carbons (Fsp3) is 0.333. The molecule has 1 nitrogen and oxygen atoms in total. The molecular formula is C18H20O. The lowest BCUT2D eigenvalue weighted by Gasteiger charge is -2.18. The van der Waals surface area contributed by atoms with Crippen LogP contribution in [-0.2, 0) is 6.42 Å². The number of aliphatic hydroxyl groups excluding tert-OH is 1. The second kappa shape index (κ2) is 4.82. The molecule has 0 saturated carbocycles. The van der Waals surface area contributed by atoms with Gasteiger partial charge in [-0.05, 0) is 40.7 Å². The molecule has 0 fully saturated rings. The number of rotatable bonds is 3. The van der Waals surface area contributed by atoms with Crippen molar-refractivity contribution in [3.8, 4) is 11.1 Å². The summed E-state index contributed by atoms with van der Waals surface area (Å²) in [5.74, 6) is 0.207. The van der Waals surface area contributed by atoms with Crippen LogP contribution in [0.3, 0.4) is 0 Å². The van der Waals surface area contributed by atoms with Crippen LogP contribution in [0.4, 0.5) is 0 Å². The molecule has 1 aliphatic carbocycles. The summed E-state index contributed by atoms with van der Waals surface area (Å²) in [5.41, 5.74) is 6.79. The Morgan fingerprint density at radius 2 is 1.79 bits per heavy atom. The highest BCUT2D eigenvalue weighted by Crippen LogP contribution is 2.38. The fourth-order valence-electron chi connectivity index (χ4n) is 3.02. The van der Waals surface area contributed by atoms with E-state index in [-0.39, 0.29) is 12.0 Å². The summed E-state index contributed by atoms with van der Waals surface area (Å²) in [6, 6.07) is 15.3. The zero-order chi connectivity index (χ0) is 13.4. The zero-order valence-corrected chi connectivity index (χ0v) is 11.6. The first-order valence-corrected chi connectivity index (χ1v) is 7.10. The first-order valence-electron chi connectivity index (χ1n) is 7.10. The highest BCUT2D eigenvalue weighted by Gasteiger charge is 2.20. The molecule has 19 heavy (non-hydrogen) atoms. The van der Waals surface area contributed by atoms with Gasteiger partial charge >= 0.3 is 0 Å². The predicted molar refractivity (Wildman–Crippen MR) is 79.4 cm³/mol. The maximum Gasteiger partial charge on any atom is 0.0603 e. The largest absolute Gasteiger partial charge is 0.393 e. The van der Waals surface area contributed by atoms with Crippen LogP contribution in [0.2, 0.25) is 0 Å². The Bertz CT molecular complexity index is 600. The average molecular weight is 252 g/mol. The van der Waals surface area contributed by atoms with Gasteiger partial charge in [-0.3, -0.25) is 0 Å². The van der Waals surface area contributed by atoms with Crippen LogP contribution in [0.5, 0.6) is 0 Å².